The Morgan fingerprint density at radius 1 is 0.857 bits per heavy atom. The third-order valence-corrected chi connectivity index (χ3v) is 16.8. The third-order valence-electron chi connectivity index (χ3n) is 14.4. The summed E-state index contributed by atoms with van der Waals surface area (Å²) in [6.07, 6.45) is 9.59. The molecule has 1 aromatic heterocycles. The number of pyridine rings is 1. The van der Waals surface area contributed by atoms with Gasteiger partial charge in [0.05, 0.1) is 40.9 Å². The molecule has 3 aromatic rings. The number of likely N-dealkylation sites (tertiary alicyclic amines) is 1. The number of halogens is 2. The molecule has 5 aliphatic rings. The maximum absolute atomic E-state index is 14.1. The second-order valence-corrected chi connectivity index (χ2v) is 22.2. The van der Waals surface area contributed by atoms with E-state index in [1.807, 2.05) is 66.6 Å². The molecule has 0 spiro atoms. The molecule has 0 saturated carbocycles. The molecule has 19 heteroatoms. The monoisotopic (exact) mass is 1020 g/mol. The maximum atomic E-state index is 14.1. The van der Waals surface area contributed by atoms with Crippen LogP contribution in [0.15, 0.2) is 78.1 Å². The van der Waals surface area contributed by atoms with Gasteiger partial charge in [-0.1, -0.05) is 47.5 Å². The van der Waals surface area contributed by atoms with Crippen LogP contribution >= 0.6 is 23.2 Å². The number of ether oxygens (including phenoxy) is 3. The number of carbonyl (C=O) groups is 3. The van der Waals surface area contributed by atoms with Crippen molar-refractivity contribution in [3.63, 3.8) is 0 Å². The molecule has 4 saturated heterocycles. The Hall–Kier alpha value is -4.91. The van der Waals surface area contributed by atoms with E-state index in [2.05, 4.69) is 26.3 Å². The van der Waals surface area contributed by atoms with Crippen molar-refractivity contribution < 1.29 is 37.0 Å². The molecule has 4 fully saturated rings. The highest BCUT2D eigenvalue weighted by Gasteiger charge is 2.41. The van der Waals surface area contributed by atoms with Gasteiger partial charge in [0.25, 0.3) is 0 Å². The van der Waals surface area contributed by atoms with E-state index in [1.165, 1.54) is 17.6 Å². The van der Waals surface area contributed by atoms with E-state index < -0.39 is 28.2 Å². The summed E-state index contributed by atoms with van der Waals surface area (Å²) in [7, 11) is -0.418. The van der Waals surface area contributed by atoms with Crippen molar-refractivity contribution in [2.24, 2.45) is 29.6 Å². The van der Waals surface area contributed by atoms with Crippen molar-refractivity contribution in [3.8, 4) is 11.1 Å². The van der Waals surface area contributed by atoms with E-state index in [-0.39, 0.29) is 54.5 Å². The highest BCUT2D eigenvalue weighted by atomic mass is 35.5. The first-order chi connectivity index (χ1) is 33.8. The topological polar surface area (TPSA) is 184 Å². The molecular formula is C51H66Cl2N8O8S. The van der Waals surface area contributed by atoms with Gasteiger partial charge >= 0.3 is 6.09 Å². The van der Waals surface area contributed by atoms with Crippen LogP contribution in [0, 0.1) is 29.6 Å². The summed E-state index contributed by atoms with van der Waals surface area (Å²) < 4.78 is 45.1. The predicted octanol–water partition coefficient (Wildman–Crippen LogP) is 7.70. The number of sulfonamides is 1. The Kier molecular flexibility index (Phi) is 17.3. The summed E-state index contributed by atoms with van der Waals surface area (Å²) in [5, 5.41) is 14.3. The van der Waals surface area contributed by atoms with Crippen LogP contribution in [0.5, 0.6) is 0 Å². The number of nitrogens with zero attached hydrogens (tertiary/aromatic N) is 4. The second kappa shape index (κ2) is 23.5. The minimum atomic E-state index is -3.62. The smallest absolute Gasteiger partial charge is 0.409 e. The van der Waals surface area contributed by atoms with Gasteiger partial charge in [0, 0.05) is 101 Å². The van der Waals surface area contributed by atoms with Crippen molar-refractivity contribution in [1.29, 1.82) is 0 Å². The molecule has 2 aromatic carbocycles. The number of methoxy groups -OCH3 is 1. The lowest BCUT2D eigenvalue weighted by Crippen LogP contribution is -2.51. The molecule has 6 unspecified atom stereocenters. The standard InChI is InChI=1S/C51H66Cl2N8O8S/c1-4-70(65,66)61-30-38(21-39(31-61)50(63)57-47-24-42(44(52)28-56-47)35-8-5-11-40(22-35)54-26-33-13-17-68-18-14-33)46-20-34(15-19-69-46)27-55-41-12-6-9-36(23-41)43-25-48(59(2)32-45(43)53)58-49(62)37-10-7-16-60(29-37)51(64)67-3/h5-6,8-9,11-12,22-25,28,32-34,37-39,46,48,54-55H,4,7,10,13-21,26-27,29-31H2,1-3H3,(H,58,62)(H,56,57,63). The van der Waals surface area contributed by atoms with E-state index in [0.717, 1.165) is 79.1 Å². The molecule has 3 amide bonds. The van der Waals surface area contributed by atoms with E-state index in [0.29, 0.717) is 67.3 Å². The average Bonchev–Trinajstić information content (AvgIpc) is 3.38. The van der Waals surface area contributed by atoms with Crippen molar-refractivity contribution in [2.45, 2.75) is 64.1 Å². The summed E-state index contributed by atoms with van der Waals surface area (Å²) in [6.45, 7) is 6.45. The fraction of sp³-hybridized carbons (Fsp3) is 0.529. The molecule has 70 heavy (non-hydrogen) atoms. The lowest BCUT2D eigenvalue weighted by atomic mass is 9.81. The summed E-state index contributed by atoms with van der Waals surface area (Å²) in [6, 6.07) is 17.8. The number of aromatic nitrogens is 1. The highest BCUT2D eigenvalue weighted by Crippen LogP contribution is 2.37. The normalized spacial score (nSPS) is 24.8. The lowest BCUT2D eigenvalue weighted by Gasteiger charge is -2.42. The number of piperidine rings is 2. The first kappa shape index (κ1) is 51.4. The minimum absolute atomic E-state index is 0.0714. The molecule has 0 radical (unpaired) electrons. The molecule has 6 atom stereocenters. The number of amides is 3. The average molecular weight is 1020 g/mol. The van der Waals surface area contributed by atoms with E-state index >= 15 is 0 Å². The maximum Gasteiger partial charge on any atom is 0.409 e. The van der Waals surface area contributed by atoms with Crippen LogP contribution in [-0.2, 0) is 33.8 Å². The van der Waals surface area contributed by atoms with Gasteiger partial charge in [-0.2, -0.15) is 0 Å². The van der Waals surface area contributed by atoms with Crippen LogP contribution < -0.4 is 21.3 Å². The number of rotatable bonds is 15. The van der Waals surface area contributed by atoms with Crippen LogP contribution in [0.3, 0.4) is 0 Å². The zero-order valence-corrected chi connectivity index (χ0v) is 42.5. The number of likely N-dealkylation sites (N-methyl/N-ethyl adjacent to an activating group) is 1. The Labute approximate surface area is 421 Å². The number of hydrogen-bond donors (Lipinski definition) is 4. The molecule has 16 nitrogen and oxygen atoms in total. The predicted molar refractivity (Wildman–Crippen MR) is 274 cm³/mol. The molecule has 5 aliphatic heterocycles. The Morgan fingerprint density at radius 2 is 1.57 bits per heavy atom. The summed E-state index contributed by atoms with van der Waals surface area (Å²) in [5.74, 6) is -0.588. The van der Waals surface area contributed by atoms with Crippen molar-refractivity contribution in [3.05, 3.63) is 88.7 Å². The summed E-state index contributed by atoms with van der Waals surface area (Å²) in [5.41, 5.74) is 5.14. The van der Waals surface area contributed by atoms with Crippen molar-refractivity contribution in [1.82, 2.24) is 24.4 Å². The quantitative estimate of drug-likeness (QED) is 0.117. The van der Waals surface area contributed by atoms with Crippen molar-refractivity contribution in [2.75, 3.05) is 94.9 Å². The van der Waals surface area contributed by atoms with Crippen LogP contribution in [0.25, 0.3) is 16.7 Å². The Balaban J connectivity index is 0.891. The molecule has 6 heterocycles. The number of nitrogens with one attached hydrogen (secondary N) is 4. The first-order valence-corrected chi connectivity index (χ1v) is 26.9. The molecular weight excluding hydrogens is 956 g/mol. The fourth-order valence-electron chi connectivity index (χ4n) is 10.2. The third kappa shape index (κ3) is 12.9. The molecule has 378 valence electrons. The minimum Gasteiger partial charge on any atom is -0.453 e. The highest BCUT2D eigenvalue weighted by molar-refractivity contribution is 7.89. The molecule has 0 bridgehead atoms. The van der Waals surface area contributed by atoms with Gasteiger partial charge in [-0.3, -0.25) is 9.59 Å². The second-order valence-electron chi connectivity index (χ2n) is 19.2. The number of hydrogen-bond acceptors (Lipinski definition) is 12. The van der Waals surface area contributed by atoms with Gasteiger partial charge in [0.1, 0.15) is 12.0 Å². The number of anilines is 3. The van der Waals surface area contributed by atoms with Gasteiger partial charge in [-0.05, 0) is 117 Å². The van der Waals surface area contributed by atoms with Crippen LogP contribution in [-0.4, -0.2) is 137 Å². The molecule has 0 aliphatic carbocycles. The molecule has 4 N–H and O–H groups in total. The summed E-state index contributed by atoms with van der Waals surface area (Å²) >= 11 is 13.5. The Morgan fingerprint density at radius 3 is 2.31 bits per heavy atom. The Bertz CT molecular complexity index is 2520. The number of allylic oxidation sites excluding steroid dienone is 2. The van der Waals surface area contributed by atoms with E-state index in [1.54, 1.807) is 24.1 Å². The number of benzene rings is 2. The van der Waals surface area contributed by atoms with Crippen LogP contribution in [0.1, 0.15) is 57.4 Å². The van der Waals surface area contributed by atoms with Crippen LogP contribution in [0.4, 0.5) is 22.0 Å². The zero-order chi connectivity index (χ0) is 49.4. The fourth-order valence-corrected chi connectivity index (χ4v) is 11.9. The summed E-state index contributed by atoms with van der Waals surface area (Å²) in [4.78, 5) is 47.6. The first-order valence-electron chi connectivity index (χ1n) is 24.5. The van der Waals surface area contributed by atoms with Gasteiger partial charge in [-0.25, -0.2) is 22.5 Å². The van der Waals surface area contributed by atoms with Gasteiger partial charge in [-0.15, -0.1) is 0 Å². The zero-order valence-electron chi connectivity index (χ0n) is 40.2. The molecule has 8 rings (SSSR count). The van der Waals surface area contributed by atoms with E-state index in [9.17, 15) is 22.8 Å². The number of carbonyl (C=O) groups excluding carboxylic acids is 3. The van der Waals surface area contributed by atoms with Gasteiger partial charge < -0.3 is 45.3 Å². The van der Waals surface area contributed by atoms with Crippen molar-refractivity contribution >= 4 is 73.9 Å². The largest absolute Gasteiger partial charge is 0.453 e. The van der Waals surface area contributed by atoms with Gasteiger partial charge in [0.15, 0.2) is 0 Å². The van der Waals surface area contributed by atoms with Crippen LogP contribution in [0.2, 0.25) is 5.02 Å². The SMILES string of the molecule is CCS(=O)(=O)N1CC(C(=O)Nc2cc(-c3cccc(NCC4CCOCC4)c3)c(Cl)cn2)CC(C2CC(CNc3cccc(C4=CC(NC(=O)C5CCCN(C(=O)OC)C5)N(C)C=C4Cl)c3)CCO2)C1. The lowest BCUT2D eigenvalue weighted by molar-refractivity contribution is -0.127. The van der Waals surface area contributed by atoms with E-state index in [4.69, 9.17) is 37.4 Å². The van der Waals surface area contributed by atoms with Gasteiger partial charge in [0.2, 0.25) is 21.8 Å².